The Bertz CT molecular complexity index is 359. The minimum absolute atomic E-state index is 0.0999. The van der Waals surface area contributed by atoms with Crippen LogP contribution in [0, 0.1) is 0 Å². The fourth-order valence-corrected chi connectivity index (χ4v) is 1.52. The Morgan fingerprint density at radius 2 is 2.24 bits per heavy atom. The van der Waals surface area contributed by atoms with Gasteiger partial charge in [0.15, 0.2) is 0 Å². The van der Waals surface area contributed by atoms with Crippen LogP contribution in [0.3, 0.4) is 0 Å². The second-order valence-corrected chi connectivity index (χ2v) is 4.05. The van der Waals surface area contributed by atoms with Gasteiger partial charge in [-0.3, -0.25) is 4.90 Å². The molecule has 0 spiro atoms. The van der Waals surface area contributed by atoms with Crippen LogP contribution < -0.4 is 0 Å². The topological polar surface area (TPSA) is 62.9 Å². The molecule has 5 nitrogen and oxygen atoms in total. The first-order valence-electron chi connectivity index (χ1n) is 5.60. The third-order valence-corrected chi connectivity index (χ3v) is 2.52. The first-order valence-corrected chi connectivity index (χ1v) is 5.60. The molecular weight excluding hydrogens is 222 g/mol. The van der Waals surface area contributed by atoms with Gasteiger partial charge in [0.2, 0.25) is 5.76 Å². The number of aliphatic hydroxyl groups excluding tert-OH is 1. The molecule has 0 fully saturated rings. The number of rotatable bonds is 6. The van der Waals surface area contributed by atoms with Crippen molar-refractivity contribution in [3.8, 4) is 0 Å². The molecule has 1 heterocycles. The molecule has 1 aromatic heterocycles. The predicted octanol–water partition coefficient (Wildman–Crippen LogP) is 1.27. The largest absolute Gasteiger partial charge is 0.463 e. The summed E-state index contributed by atoms with van der Waals surface area (Å²) in [5, 5.41) is 8.95. The Morgan fingerprint density at radius 1 is 1.53 bits per heavy atom. The number of carbonyl (C=O) groups excluding carboxylic acids is 1. The third-order valence-electron chi connectivity index (χ3n) is 2.52. The number of esters is 1. The molecule has 0 aromatic carbocycles. The molecule has 0 aliphatic rings. The summed E-state index contributed by atoms with van der Waals surface area (Å²) in [5.41, 5.74) is 0. The zero-order chi connectivity index (χ0) is 12.8. The lowest BCUT2D eigenvalue weighted by atomic mass is 10.3. The van der Waals surface area contributed by atoms with Crippen molar-refractivity contribution in [3.05, 3.63) is 23.7 Å². The lowest BCUT2D eigenvalue weighted by Crippen LogP contribution is -2.32. The summed E-state index contributed by atoms with van der Waals surface area (Å²) in [6.45, 7) is 5.32. The average Bonchev–Trinajstić information content (AvgIpc) is 2.76. The quantitative estimate of drug-likeness (QED) is 0.760. The Hall–Kier alpha value is -1.33. The number of hydrogen-bond acceptors (Lipinski definition) is 5. The minimum Gasteiger partial charge on any atom is -0.463 e. The summed E-state index contributed by atoms with van der Waals surface area (Å²) >= 11 is 0. The molecule has 0 atom stereocenters. The highest BCUT2D eigenvalue weighted by atomic mass is 16.5. The molecule has 0 saturated heterocycles. The van der Waals surface area contributed by atoms with E-state index in [0.717, 1.165) is 0 Å². The third kappa shape index (κ3) is 3.87. The van der Waals surface area contributed by atoms with Gasteiger partial charge in [0.1, 0.15) is 5.76 Å². The summed E-state index contributed by atoms with van der Waals surface area (Å²) in [5.74, 6) is 0.414. The van der Waals surface area contributed by atoms with E-state index in [0.29, 0.717) is 24.9 Å². The van der Waals surface area contributed by atoms with Crippen molar-refractivity contribution in [2.45, 2.75) is 26.4 Å². The van der Waals surface area contributed by atoms with Gasteiger partial charge in [-0.25, -0.2) is 4.79 Å². The summed E-state index contributed by atoms with van der Waals surface area (Å²) in [4.78, 5) is 13.3. The van der Waals surface area contributed by atoms with E-state index in [2.05, 4.69) is 9.64 Å². The monoisotopic (exact) mass is 241 g/mol. The minimum atomic E-state index is -0.477. The van der Waals surface area contributed by atoms with Crippen molar-refractivity contribution >= 4 is 5.97 Å². The van der Waals surface area contributed by atoms with E-state index in [4.69, 9.17) is 9.52 Å². The van der Waals surface area contributed by atoms with Crippen LogP contribution in [0.5, 0.6) is 0 Å². The van der Waals surface area contributed by atoms with Gasteiger partial charge in [-0.15, -0.1) is 0 Å². The number of ether oxygens (including phenoxy) is 1. The Morgan fingerprint density at radius 3 is 2.76 bits per heavy atom. The first-order chi connectivity index (χ1) is 8.08. The van der Waals surface area contributed by atoms with Crippen LogP contribution in [0.15, 0.2) is 16.5 Å². The van der Waals surface area contributed by atoms with E-state index in [1.807, 2.05) is 13.8 Å². The van der Waals surface area contributed by atoms with Gasteiger partial charge in [-0.2, -0.15) is 0 Å². The maximum absolute atomic E-state index is 11.2. The molecule has 1 N–H and O–H groups in total. The zero-order valence-corrected chi connectivity index (χ0v) is 10.5. The Labute approximate surface area is 101 Å². The lowest BCUT2D eigenvalue weighted by Gasteiger charge is -2.24. The smallest absolute Gasteiger partial charge is 0.373 e. The van der Waals surface area contributed by atoms with Crippen LogP contribution in [-0.2, 0) is 11.3 Å². The second-order valence-electron chi connectivity index (χ2n) is 4.05. The van der Waals surface area contributed by atoms with Crippen molar-refractivity contribution in [1.82, 2.24) is 4.90 Å². The standard InChI is InChI=1S/C12H19NO4/c1-9(2)13(6-7-14)8-10-4-5-11(17-10)12(15)16-3/h4-5,9,14H,6-8H2,1-3H3. The molecule has 0 aliphatic carbocycles. The average molecular weight is 241 g/mol. The molecule has 0 radical (unpaired) electrons. The normalized spacial score (nSPS) is 11.2. The van der Waals surface area contributed by atoms with Crippen LogP contribution in [0.2, 0.25) is 0 Å². The summed E-state index contributed by atoms with van der Waals surface area (Å²) < 4.78 is 9.93. The van der Waals surface area contributed by atoms with Gasteiger partial charge < -0.3 is 14.3 Å². The van der Waals surface area contributed by atoms with Crippen molar-refractivity contribution < 1.29 is 19.1 Å². The van der Waals surface area contributed by atoms with Crippen molar-refractivity contribution in [2.75, 3.05) is 20.3 Å². The maximum Gasteiger partial charge on any atom is 0.373 e. The number of methoxy groups -OCH3 is 1. The fourth-order valence-electron chi connectivity index (χ4n) is 1.52. The molecule has 0 saturated carbocycles. The first kappa shape index (κ1) is 13.7. The van der Waals surface area contributed by atoms with Gasteiger partial charge in [0.05, 0.1) is 20.3 Å². The molecule has 1 rings (SSSR count). The van der Waals surface area contributed by atoms with Gasteiger partial charge in [0.25, 0.3) is 0 Å². The van der Waals surface area contributed by atoms with Crippen molar-refractivity contribution in [2.24, 2.45) is 0 Å². The van der Waals surface area contributed by atoms with Crippen LogP contribution in [0.4, 0.5) is 0 Å². The van der Waals surface area contributed by atoms with Crippen LogP contribution in [-0.4, -0.2) is 42.3 Å². The molecule has 0 aliphatic heterocycles. The Balaban J connectivity index is 2.66. The number of nitrogens with zero attached hydrogens (tertiary/aromatic N) is 1. The zero-order valence-electron chi connectivity index (χ0n) is 10.5. The van der Waals surface area contributed by atoms with Gasteiger partial charge in [-0.1, -0.05) is 0 Å². The van der Waals surface area contributed by atoms with Crippen LogP contribution >= 0.6 is 0 Å². The molecule has 0 bridgehead atoms. The summed E-state index contributed by atoms with van der Waals surface area (Å²) in [7, 11) is 1.32. The highest BCUT2D eigenvalue weighted by Crippen LogP contribution is 2.13. The number of hydrogen-bond donors (Lipinski definition) is 1. The SMILES string of the molecule is COC(=O)c1ccc(CN(CCO)C(C)C)o1. The highest BCUT2D eigenvalue weighted by Gasteiger charge is 2.15. The predicted molar refractivity (Wildman–Crippen MR) is 62.7 cm³/mol. The van der Waals surface area contributed by atoms with E-state index in [-0.39, 0.29) is 12.4 Å². The molecule has 17 heavy (non-hydrogen) atoms. The van der Waals surface area contributed by atoms with E-state index in [1.165, 1.54) is 7.11 Å². The summed E-state index contributed by atoms with van der Waals surface area (Å²) in [6.07, 6.45) is 0. The molecular formula is C12H19NO4. The maximum atomic E-state index is 11.2. The fraction of sp³-hybridized carbons (Fsp3) is 0.583. The highest BCUT2D eigenvalue weighted by molar-refractivity contribution is 5.86. The van der Waals surface area contributed by atoms with Gasteiger partial charge in [0, 0.05) is 12.6 Å². The second kappa shape index (κ2) is 6.42. The number of carbonyl (C=O) groups is 1. The van der Waals surface area contributed by atoms with Gasteiger partial charge >= 0.3 is 5.97 Å². The molecule has 0 unspecified atom stereocenters. The van der Waals surface area contributed by atoms with Crippen molar-refractivity contribution in [1.29, 1.82) is 0 Å². The molecule has 5 heteroatoms. The van der Waals surface area contributed by atoms with E-state index >= 15 is 0 Å². The number of aliphatic hydroxyl groups is 1. The van der Waals surface area contributed by atoms with E-state index in [1.54, 1.807) is 12.1 Å². The van der Waals surface area contributed by atoms with Gasteiger partial charge in [-0.05, 0) is 26.0 Å². The molecule has 0 amide bonds. The number of furan rings is 1. The van der Waals surface area contributed by atoms with Crippen molar-refractivity contribution in [3.63, 3.8) is 0 Å². The van der Waals surface area contributed by atoms with Crippen LogP contribution in [0.1, 0.15) is 30.2 Å². The molecule has 96 valence electrons. The molecule has 1 aromatic rings. The van der Waals surface area contributed by atoms with E-state index < -0.39 is 5.97 Å². The van der Waals surface area contributed by atoms with E-state index in [9.17, 15) is 4.79 Å². The van der Waals surface area contributed by atoms with Crippen LogP contribution in [0.25, 0.3) is 0 Å². The lowest BCUT2D eigenvalue weighted by molar-refractivity contribution is 0.0559. The summed E-state index contributed by atoms with van der Waals surface area (Å²) in [6, 6.07) is 3.64. The Kier molecular flexibility index (Phi) is 5.18.